The van der Waals surface area contributed by atoms with Gasteiger partial charge in [-0.25, -0.2) is 0 Å². The lowest BCUT2D eigenvalue weighted by Gasteiger charge is -2.40. The second kappa shape index (κ2) is 3.57. The number of nitrogens with zero attached hydrogens (tertiary/aromatic N) is 1. The van der Waals surface area contributed by atoms with E-state index in [2.05, 4.69) is 10.6 Å². The van der Waals surface area contributed by atoms with Crippen LogP contribution in [0.15, 0.2) is 0 Å². The molecule has 5 heteroatoms. The lowest BCUT2D eigenvalue weighted by molar-refractivity contribution is -0.137. The van der Waals surface area contributed by atoms with Crippen molar-refractivity contribution in [2.75, 3.05) is 26.2 Å². The molecule has 0 bridgehead atoms. The van der Waals surface area contributed by atoms with Crippen LogP contribution in [0.3, 0.4) is 0 Å². The van der Waals surface area contributed by atoms with E-state index in [9.17, 15) is 9.59 Å². The third kappa shape index (κ3) is 1.72. The van der Waals surface area contributed by atoms with Gasteiger partial charge in [0.1, 0.15) is 0 Å². The average Bonchev–Trinajstić information content (AvgIpc) is 1.91. The van der Waals surface area contributed by atoms with Crippen LogP contribution in [0.25, 0.3) is 0 Å². The summed E-state index contributed by atoms with van der Waals surface area (Å²) in [6.45, 7) is 4.46. The highest BCUT2D eigenvalue weighted by atomic mass is 16.2. The largest absolute Gasteiger partial charge is 0.349 e. The molecule has 5 nitrogen and oxygen atoms in total. The zero-order valence-corrected chi connectivity index (χ0v) is 8.25. The van der Waals surface area contributed by atoms with Crippen molar-refractivity contribution in [3.63, 3.8) is 0 Å². The first-order valence-corrected chi connectivity index (χ1v) is 4.93. The number of nitrogens with one attached hydrogen (secondary N) is 2. The van der Waals surface area contributed by atoms with Crippen molar-refractivity contribution in [2.45, 2.75) is 13.0 Å². The Kier molecular flexibility index (Phi) is 2.41. The summed E-state index contributed by atoms with van der Waals surface area (Å²) in [4.78, 5) is 24.0. The van der Waals surface area contributed by atoms with Gasteiger partial charge in [-0.05, 0) is 0 Å². The van der Waals surface area contributed by atoms with Crippen LogP contribution in [-0.2, 0) is 9.59 Å². The fourth-order valence-electron chi connectivity index (χ4n) is 1.62. The van der Waals surface area contributed by atoms with Crippen LogP contribution < -0.4 is 10.6 Å². The number of rotatable bonds is 2. The van der Waals surface area contributed by atoms with Gasteiger partial charge in [0.25, 0.3) is 0 Å². The summed E-state index contributed by atoms with van der Waals surface area (Å²) in [7, 11) is 0. The molecule has 2 aliphatic rings. The lowest BCUT2D eigenvalue weighted by atomic mass is 10.0. The minimum Gasteiger partial charge on any atom is -0.349 e. The molecular weight excluding hydrogens is 182 g/mol. The van der Waals surface area contributed by atoms with Crippen molar-refractivity contribution in [2.24, 2.45) is 5.92 Å². The quantitative estimate of drug-likeness (QED) is 0.569. The maximum Gasteiger partial charge on any atom is 0.226 e. The molecule has 0 spiro atoms. The Hall–Kier alpha value is -1.10. The first kappa shape index (κ1) is 9.45. The maximum atomic E-state index is 11.5. The molecule has 2 fully saturated rings. The van der Waals surface area contributed by atoms with Gasteiger partial charge in [0.2, 0.25) is 11.8 Å². The van der Waals surface area contributed by atoms with Crippen molar-refractivity contribution in [3.8, 4) is 0 Å². The predicted octanol–water partition coefficient (Wildman–Crippen LogP) is -1.45. The van der Waals surface area contributed by atoms with Crippen molar-refractivity contribution < 1.29 is 9.59 Å². The highest BCUT2D eigenvalue weighted by Crippen LogP contribution is 2.09. The van der Waals surface area contributed by atoms with E-state index < -0.39 is 0 Å². The molecule has 0 radical (unpaired) electrons. The van der Waals surface area contributed by atoms with Crippen LogP contribution in [-0.4, -0.2) is 48.9 Å². The molecular formula is C9H15N3O2. The molecule has 0 unspecified atom stereocenters. The molecule has 0 atom stereocenters. The van der Waals surface area contributed by atoms with Crippen molar-refractivity contribution >= 4 is 11.8 Å². The maximum absolute atomic E-state index is 11.5. The summed E-state index contributed by atoms with van der Waals surface area (Å²) in [6, 6.07) is 0.173. The van der Waals surface area contributed by atoms with E-state index >= 15 is 0 Å². The Morgan fingerprint density at radius 1 is 1.36 bits per heavy atom. The molecule has 0 saturated carbocycles. The molecule has 2 rings (SSSR count). The number of amides is 2. The van der Waals surface area contributed by atoms with Gasteiger partial charge in [-0.2, -0.15) is 0 Å². The van der Waals surface area contributed by atoms with Gasteiger partial charge in [0, 0.05) is 33.1 Å². The number of hydrogen-bond donors (Lipinski definition) is 2. The summed E-state index contributed by atoms with van der Waals surface area (Å²) in [5, 5.41) is 5.98. The molecule has 2 N–H and O–H groups in total. The van der Waals surface area contributed by atoms with E-state index in [1.54, 1.807) is 11.8 Å². The minimum absolute atomic E-state index is 0.0841. The van der Waals surface area contributed by atoms with Crippen molar-refractivity contribution in [1.29, 1.82) is 0 Å². The molecule has 14 heavy (non-hydrogen) atoms. The molecule has 0 aromatic heterocycles. The summed E-state index contributed by atoms with van der Waals surface area (Å²) in [5.74, 6) is 0.346. The van der Waals surface area contributed by atoms with Gasteiger partial charge in [-0.3, -0.25) is 9.59 Å². The van der Waals surface area contributed by atoms with Crippen LogP contribution in [0.5, 0.6) is 0 Å². The molecule has 78 valence electrons. The van der Waals surface area contributed by atoms with E-state index in [1.165, 1.54) is 0 Å². The fourth-order valence-corrected chi connectivity index (χ4v) is 1.62. The molecule has 0 aromatic carbocycles. The number of carbonyl (C=O) groups is 2. The Bertz CT molecular complexity index is 257. The smallest absolute Gasteiger partial charge is 0.226 e. The second-order valence-corrected chi connectivity index (χ2v) is 3.98. The third-order valence-corrected chi connectivity index (χ3v) is 2.83. The second-order valence-electron chi connectivity index (χ2n) is 3.98. The number of hydrogen-bond acceptors (Lipinski definition) is 3. The van der Waals surface area contributed by atoms with Crippen molar-refractivity contribution in [1.82, 2.24) is 15.5 Å². The number of likely N-dealkylation sites (tertiary alicyclic amines) is 1. The lowest BCUT2D eigenvalue weighted by Crippen LogP contribution is -2.63. The summed E-state index contributed by atoms with van der Waals surface area (Å²) < 4.78 is 0. The van der Waals surface area contributed by atoms with E-state index in [4.69, 9.17) is 0 Å². The molecule has 2 aliphatic heterocycles. The van der Waals surface area contributed by atoms with Gasteiger partial charge in [-0.1, -0.05) is 0 Å². The average molecular weight is 197 g/mol. The Balaban J connectivity index is 1.68. The summed E-state index contributed by atoms with van der Waals surface area (Å²) >= 11 is 0. The molecule has 2 amide bonds. The van der Waals surface area contributed by atoms with Gasteiger partial charge in [0.05, 0.1) is 12.0 Å². The zero-order chi connectivity index (χ0) is 10.1. The van der Waals surface area contributed by atoms with E-state index in [0.29, 0.717) is 13.1 Å². The Morgan fingerprint density at radius 2 is 2.00 bits per heavy atom. The monoisotopic (exact) mass is 197 g/mol. The van der Waals surface area contributed by atoms with Gasteiger partial charge in [0.15, 0.2) is 0 Å². The van der Waals surface area contributed by atoms with Gasteiger partial charge in [-0.15, -0.1) is 0 Å². The van der Waals surface area contributed by atoms with E-state index in [-0.39, 0.29) is 23.8 Å². The third-order valence-electron chi connectivity index (χ3n) is 2.83. The van der Waals surface area contributed by atoms with E-state index in [0.717, 1.165) is 13.1 Å². The van der Waals surface area contributed by atoms with Gasteiger partial charge < -0.3 is 15.5 Å². The van der Waals surface area contributed by atoms with Gasteiger partial charge >= 0.3 is 0 Å². The molecule has 2 saturated heterocycles. The zero-order valence-electron chi connectivity index (χ0n) is 8.25. The normalized spacial score (nSPS) is 22.5. The Morgan fingerprint density at radius 3 is 2.43 bits per heavy atom. The highest BCUT2D eigenvalue weighted by Gasteiger charge is 2.32. The highest BCUT2D eigenvalue weighted by molar-refractivity contribution is 5.81. The summed E-state index contributed by atoms with van der Waals surface area (Å²) in [6.07, 6.45) is 0. The van der Waals surface area contributed by atoms with Crippen LogP contribution in [0.1, 0.15) is 6.92 Å². The standard InChI is InChI=1S/C9H15N3O2/c1-6(13)12-4-8(5-12)11-9(14)7-2-10-3-7/h7-8,10H,2-5H2,1H3,(H,11,14). The molecule has 0 aromatic rings. The first-order chi connectivity index (χ1) is 6.66. The fraction of sp³-hybridized carbons (Fsp3) is 0.778. The summed E-state index contributed by atoms with van der Waals surface area (Å²) in [5.41, 5.74) is 0. The van der Waals surface area contributed by atoms with Crippen LogP contribution in [0, 0.1) is 5.92 Å². The van der Waals surface area contributed by atoms with Crippen molar-refractivity contribution in [3.05, 3.63) is 0 Å². The predicted molar refractivity (Wildman–Crippen MR) is 50.5 cm³/mol. The molecule has 2 heterocycles. The Labute approximate surface area is 82.8 Å². The van der Waals surface area contributed by atoms with Crippen LogP contribution in [0.2, 0.25) is 0 Å². The van der Waals surface area contributed by atoms with Crippen LogP contribution in [0.4, 0.5) is 0 Å². The topological polar surface area (TPSA) is 61.4 Å². The first-order valence-electron chi connectivity index (χ1n) is 4.93. The molecule has 0 aliphatic carbocycles. The van der Waals surface area contributed by atoms with E-state index in [1.807, 2.05) is 0 Å². The minimum atomic E-state index is 0.0841. The van der Waals surface area contributed by atoms with Crippen LogP contribution >= 0.6 is 0 Å². The number of carbonyl (C=O) groups excluding carboxylic acids is 2. The SMILES string of the molecule is CC(=O)N1CC(NC(=O)C2CNC2)C1.